The first-order chi connectivity index (χ1) is 9.43. The molecule has 4 nitrogen and oxygen atoms in total. The van der Waals surface area contributed by atoms with Crippen LogP contribution < -0.4 is 16.0 Å². The standard InChI is InChI=1S/C13H17ClFN3OS/c1-3-6-16-12(19)8(2)17-13(20)18-9-4-5-11(15)10(14)7-9/h4-5,7-8H,3,6H2,1-2H3,(H,16,19)(H2,17,18,20)/t8-/m1/s1. The zero-order valence-electron chi connectivity index (χ0n) is 11.3. The van der Waals surface area contributed by atoms with Crippen LogP contribution in [0.1, 0.15) is 20.3 Å². The number of rotatable bonds is 5. The van der Waals surface area contributed by atoms with Gasteiger partial charge in [0.05, 0.1) is 5.02 Å². The van der Waals surface area contributed by atoms with Crippen LogP contribution >= 0.6 is 23.8 Å². The fraction of sp³-hybridized carbons (Fsp3) is 0.385. The van der Waals surface area contributed by atoms with Crippen molar-refractivity contribution in [3.05, 3.63) is 29.0 Å². The van der Waals surface area contributed by atoms with Gasteiger partial charge in [0.25, 0.3) is 0 Å². The lowest BCUT2D eigenvalue weighted by Crippen LogP contribution is -2.46. The molecular weight excluding hydrogens is 301 g/mol. The number of hydrogen-bond acceptors (Lipinski definition) is 2. The molecule has 0 saturated heterocycles. The van der Waals surface area contributed by atoms with E-state index in [9.17, 15) is 9.18 Å². The quantitative estimate of drug-likeness (QED) is 0.731. The number of nitrogens with one attached hydrogen (secondary N) is 3. The van der Waals surface area contributed by atoms with Crippen LogP contribution in [0.15, 0.2) is 18.2 Å². The average molecular weight is 318 g/mol. The molecule has 3 N–H and O–H groups in total. The van der Waals surface area contributed by atoms with E-state index in [-0.39, 0.29) is 16.0 Å². The van der Waals surface area contributed by atoms with Crippen molar-refractivity contribution in [3.63, 3.8) is 0 Å². The Morgan fingerprint density at radius 2 is 2.20 bits per heavy atom. The van der Waals surface area contributed by atoms with E-state index >= 15 is 0 Å². The van der Waals surface area contributed by atoms with Crippen molar-refractivity contribution in [3.8, 4) is 0 Å². The van der Waals surface area contributed by atoms with Gasteiger partial charge < -0.3 is 16.0 Å². The number of benzene rings is 1. The minimum absolute atomic E-state index is 0.00605. The van der Waals surface area contributed by atoms with Crippen molar-refractivity contribution in [1.82, 2.24) is 10.6 Å². The normalized spacial score (nSPS) is 11.6. The molecule has 0 aliphatic rings. The van der Waals surface area contributed by atoms with Gasteiger partial charge in [-0.15, -0.1) is 0 Å². The van der Waals surface area contributed by atoms with Crippen molar-refractivity contribution >= 4 is 40.5 Å². The van der Waals surface area contributed by atoms with Gasteiger partial charge in [-0.1, -0.05) is 18.5 Å². The van der Waals surface area contributed by atoms with Gasteiger partial charge in [-0.3, -0.25) is 4.79 Å². The van der Waals surface area contributed by atoms with Crippen LogP contribution in [-0.4, -0.2) is 23.6 Å². The summed E-state index contributed by atoms with van der Waals surface area (Å²) < 4.78 is 13.0. The van der Waals surface area contributed by atoms with Crippen LogP contribution in [0.5, 0.6) is 0 Å². The summed E-state index contributed by atoms with van der Waals surface area (Å²) in [5, 5.41) is 8.72. The fourth-order valence-electron chi connectivity index (χ4n) is 1.40. The Morgan fingerprint density at radius 1 is 1.50 bits per heavy atom. The molecule has 0 heterocycles. The first-order valence-corrected chi connectivity index (χ1v) is 7.03. The molecule has 1 amide bonds. The molecule has 0 aromatic heterocycles. The molecule has 1 rings (SSSR count). The number of carbonyl (C=O) groups excluding carboxylic acids is 1. The average Bonchev–Trinajstić information content (AvgIpc) is 2.40. The van der Waals surface area contributed by atoms with Crippen molar-refractivity contribution < 1.29 is 9.18 Å². The number of thiocarbonyl (C=S) groups is 1. The lowest BCUT2D eigenvalue weighted by atomic mass is 10.3. The molecule has 0 fully saturated rings. The van der Waals surface area contributed by atoms with Crippen LogP contribution in [0.3, 0.4) is 0 Å². The van der Waals surface area contributed by atoms with Crippen molar-refractivity contribution in [2.24, 2.45) is 0 Å². The number of carbonyl (C=O) groups is 1. The highest BCUT2D eigenvalue weighted by Crippen LogP contribution is 2.19. The topological polar surface area (TPSA) is 53.2 Å². The van der Waals surface area contributed by atoms with Crippen molar-refractivity contribution in [1.29, 1.82) is 0 Å². The SMILES string of the molecule is CCCNC(=O)[C@@H](C)NC(=S)Nc1ccc(F)c(Cl)c1. The number of halogens is 2. The van der Waals surface area contributed by atoms with Gasteiger partial charge in [0.15, 0.2) is 5.11 Å². The second kappa shape index (κ2) is 8.01. The highest BCUT2D eigenvalue weighted by molar-refractivity contribution is 7.80. The van der Waals surface area contributed by atoms with Gasteiger partial charge in [-0.2, -0.15) is 0 Å². The van der Waals surface area contributed by atoms with Gasteiger partial charge >= 0.3 is 0 Å². The van der Waals surface area contributed by atoms with E-state index in [4.69, 9.17) is 23.8 Å². The molecule has 1 aromatic carbocycles. The van der Waals surface area contributed by atoms with Crippen LogP contribution in [0.4, 0.5) is 10.1 Å². The predicted molar refractivity (Wildman–Crippen MR) is 83.5 cm³/mol. The zero-order chi connectivity index (χ0) is 15.1. The molecule has 7 heteroatoms. The van der Waals surface area contributed by atoms with Gasteiger partial charge in [-0.25, -0.2) is 4.39 Å². The molecule has 0 bridgehead atoms. The number of amides is 1. The molecule has 1 atom stereocenters. The maximum Gasteiger partial charge on any atom is 0.242 e. The van der Waals surface area contributed by atoms with E-state index in [1.54, 1.807) is 6.92 Å². The van der Waals surface area contributed by atoms with E-state index < -0.39 is 11.9 Å². The third-order valence-corrected chi connectivity index (χ3v) is 2.98. The summed E-state index contributed by atoms with van der Waals surface area (Å²) >= 11 is 10.7. The van der Waals surface area contributed by atoms with Crippen molar-refractivity contribution in [2.75, 3.05) is 11.9 Å². The van der Waals surface area contributed by atoms with Crippen LogP contribution in [0.25, 0.3) is 0 Å². The highest BCUT2D eigenvalue weighted by Gasteiger charge is 2.13. The molecule has 0 saturated carbocycles. The Bertz CT molecular complexity index is 499. The summed E-state index contributed by atoms with van der Waals surface area (Å²) in [6.07, 6.45) is 0.870. The van der Waals surface area contributed by atoms with Crippen LogP contribution in [0, 0.1) is 5.82 Å². The van der Waals surface area contributed by atoms with E-state index in [1.165, 1.54) is 18.2 Å². The van der Waals surface area contributed by atoms with E-state index in [1.807, 2.05) is 6.92 Å². The third-order valence-electron chi connectivity index (χ3n) is 2.47. The lowest BCUT2D eigenvalue weighted by molar-refractivity contribution is -0.122. The van der Waals surface area contributed by atoms with Gasteiger partial charge in [0, 0.05) is 12.2 Å². The molecular formula is C13H17ClFN3OS. The molecule has 0 radical (unpaired) electrons. The highest BCUT2D eigenvalue weighted by atomic mass is 35.5. The summed E-state index contributed by atoms with van der Waals surface area (Å²) in [7, 11) is 0. The van der Waals surface area contributed by atoms with Gasteiger partial charge in [0.2, 0.25) is 5.91 Å². The Labute approximate surface area is 128 Å². The van der Waals surface area contributed by atoms with Crippen LogP contribution in [0.2, 0.25) is 5.02 Å². The molecule has 110 valence electrons. The number of anilines is 1. The van der Waals surface area contributed by atoms with Crippen molar-refractivity contribution in [2.45, 2.75) is 26.3 Å². The number of hydrogen-bond donors (Lipinski definition) is 3. The zero-order valence-corrected chi connectivity index (χ0v) is 12.9. The lowest BCUT2D eigenvalue weighted by Gasteiger charge is -2.16. The Balaban J connectivity index is 2.50. The predicted octanol–water partition coefficient (Wildman–Crippen LogP) is 2.68. The van der Waals surface area contributed by atoms with E-state index in [2.05, 4.69) is 16.0 Å². The molecule has 1 aromatic rings. The minimum Gasteiger partial charge on any atom is -0.354 e. The summed E-state index contributed by atoms with van der Waals surface area (Å²) in [5.41, 5.74) is 0.551. The smallest absolute Gasteiger partial charge is 0.242 e. The van der Waals surface area contributed by atoms with E-state index in [0.717, 1.165) is 6.42 Å². The summed E-state index contributed by atoms with van der Waals surface area (Å²) in [6.45, 7) is 4.30. The summed E-state index contributed by atoms with van der Waals surface area (Å²) in [5.74, 6) is -0.628. The minimum atomic E-state index is -0.497. The summed E-state index contributed by atoms with van der Waals surface area (Å²) in [6, 6.07) is 3.71. The maximum atomic E-state index is 13.0. The first kappa shape index (κ1) is 16.7. The Kier molecular flexibility index (Phi) is 6.67. The molecule has 0 aliphatic heterocycles. The molecule has 0 aliphatic carbocycles. The van der Waals surface area contributed by atoms with E-state index in [0.29, 0.717) is 12.2 Å². The molecule has 0 unspecified atom stereocenters. The summed E-state index contributed by atoms with van der Waals surface area (Å²) in [4.78, 5) is 11.7. The monoisotopic (exact) mass is 317 g/mol. The largest absolute Gasteiger partial charge is 0.354 e. The maximum absolute atomic E-state index is 13.0. The van der Waals surface area contributed by atoms with Gasteiger partial charge in [-0.05, 0) is 43.8 Å². The van der Waals surface area contributed by atoms with Crippen LogP contribution in [-0.2, 0) is 4.79 Å². The fourth-order valence-corrected chi connectivity index (χ4v) is 1.88. The Hall–Kier alpha value is -1.40. The van der Waals surface area contributed by atoms with Gasteiger partial charge in [0.1, 0.15) is 11.9 Å². The molecule has 20 heavy (non-hydrogen) atoms. The second-order valence-corrected chi connectivity index (χ2v) is 5.06. The Morgan fingerprint density at radius 3 is 2.80 bits per heavy atom. The third kappa shape index (κ3) is 5.30. The first-order valence-electron chi connectivity index (χ1n) is 6.24. The molecule has 0 spiro atoms. The second-order valence-electron chi connectivity index (χ2n) is 4.24.